The number of para-hydroxylation sites is 1. The number of hydrogen-bond acceptors (Lipinski definition) is 21. The van der Waals surface area contributed by atoms with Crippen LogP contribution >= 0.6 is 0 Å². The number of carboxylic acid groups (broad SMARTS) is 2. The third kappa shape index (κ3) is 31.8. The van der Waals surface area contributed by atoms with Crippen molar-refractivity contribution in [3.63, 3.8) is 0 Å². The number of carboxylic acids is 2. The van der Waals surface area contributed by atoms with E-state index in [9.17, 15) is 102 Å². The zero-order chi connectivity index (χ0) is 82.1. The Hall–Kier alpha value is -10.9. The zero-order valence-corrected chi connectivity index (χ0v) is 62.5. The van der Waals surface area contributed by atoms with E-state index in [4.69, 9.17) is 28.7 Å². The van der Waals surface area contributed by atoms with Gasteiger partial charge in [-0.3, -0.25) is 86.3 Å². The van der Waals surface area contributed by atoms with Crippen molar-refractivity contribution in [2.45, 2.75) is 230 Å². The van der Waals surface area contributed by atoms with Gasteiger partial charge < -0.3 is 118 Å². The molecule has 0 aliphatic carbocycles. The number of benzene rings is 1. The maximum atomic E-state index is 14.5. The van der Waals surface area contributed by atoms with Crippen molar-refractivity contribution in [1.82, 2.24) is 74.1 Å². The monoisotopic (exact) mass is 1540 g/mol. The number of H-pyrrole nitrogens is 1. The van der Waals surface area contributed by atoms with Crippen LogP contribution in [-0.2, 0) is 92.7 Å². The van der Waals surface area contributed by atoms with E-state index in [1.807, 2.05) is 0 Å². The van der Waals surface area contributed by atoms with E-state index in [0.717, 1.165) is 0 Å². The standard InChI is InChI=1S/C69H109N19O21/c1-9-35(8)56-69(109)85-47(28-53(93)94)65(105)83-45(26-50(72)90)63(103)80-43(23-33(4)5)61(101)84-48(29-54(95)96)66(106)87-55(34(6)7)68(108)78-40(57(74)97)18-13-15-21-75-58(98)38(71)25-52(92)77-44(24-36-30-76-39-17-11-10-16-37(36)39)62(102)82-46(27-51(73)91)64(104)86-49(31-89)67(107)81-42(22-32(2)3)60(100)79-41(59(99)88-56)19-12-14-20-70/h10-11,16-17,30,32-35,38,40-49,55-56,76,89H,9,12-15,18-29,31,70-71H2,1-8H3,(H2,72,90)(H2,73,91)(H2,74,97)(H,75,98)(H,77,92)(H,78,108)(H,79,100)(H,80,103)(H,81,107)(H,82,102)(H,83,105)(H,84,101)(H,85,109)(H,86,104)(H,87,106)(H,88,99)(H,93,94)(H,95,96)/t35-,38?,40?,41-,42-,43-,44-,45-,46-,47-,48-,49-,55-,56-/m0/s1. The van der Waals surface area contributed by atoms with Crippen molar-refractivity contribution in [3.05, 3.63) is 36.0 Å². The molecule has 0 bridgehead atoms. The van der Waals surface area contributed by atoms with Gasteiger partial charge in [-0.25, -0.2) is 0 Å². The number of aromatic nitrogens is 1. The Labute approximate surface area is 629 Å². The van der Waals surface area contributed by atoms with E-state index in [1.54, 1.807) is 65.1 Å². The molecule has 0 radical (unpaired) electrons. The molecule has 27 N–H and O–H groups in total. The molecule has 40 nitrogen and oxygen atoms in total. The maximum Gasteiger partial charge on any atom is 0.305 e. The number of unbranched alkanes of at least 4 members (excludes halogenated alkanes) is 1. The average molecular weight is 1540 g/mol. The largest absolute Gasteiger partial charge is 0.481 e. The molecule has 3 rings (SSSR count). The van der Waals surface area contributed by atoms with Gasteiger partial charge in [-0.1, -0.05) is 80.0 Å². The normalized spacial score (nSPS) is 25.3. The zero-order valence-electron chi connectivity index (χ0n) is 62.5. The van der Waals surface area contributed by atoms with E-state index in [1.165, 1.54) is 20.8 Å². The van der Waals surface area contributed by atoms with E-state index in [0.29, 0.717) is 22.9 Å². The first-order valence-corrected chi connectivity index (χ1v) is 36.0. The quantitative estimate of drug-likeness (QED) is 0.0460. The highest BCUT2D eigenvalue weighted by Gasteiger charge is 2.40. The molecule has 16 amide bonds. The number of nitrogens with two attached hydrogens (primary N) is 5. The van der Waals surface area contributed by atoms with Crippen LogP contribution in [0.3, 0.4) is 0 Å². The molecule has 1 aliphatic rings. The summed E-state index contributed by atoms with van der Waals surface area (Å²) in [5.74, 6) is -23.9. The highest BCUT2D eigenvalue weighted by molar-refractivity contribution is 6.02. The van der Waals surface area contributed by atoms with Crippen LogP contribution in [0.1, 0.15) is 151 Å². The molecule has 2 heterocycles. The molecule has 14 atom stereocenters. The topological polar surface area (TPSA) is 670 Å². The molecule has 2 unspecified atom stereocenters. The van der Waals surface area contributed by atoms with E-state index in [2.05, 4.69) is 74.1 Å². The van der Waals surface area contributed by atoms with E-state index >= 15 is 0 Å². The minimum atomic E-state index is -2.10. The summed E-state index contributed by atoms with van der Waals surface area (Å²) < 4.78 is 0. The van der Waals surface area contributed by atoms with Crippen LogP contribution in [0.25, 0.3) is 10.9 Å². The van der Waals surface area contributed by atoms with Gasteiger partial charge in [0.05, 0.1) is 44.8 Å². The molecule has 1 aromatic carbocycles. The number of aromatic amines is 1. The molecule has 2 aromatic rings. The van der Waals surface area contributed by atoms with Gasteiger partial charge in [0.25, 0.3) is 0 Å². The fourth-order valence-electron chi connectivity index (χ4n) is 11.5. The molecule has 1 aliphatic heterocycles. The molecule has 109 heavy (non-hydrogen) atoms. The van der Waals surface area contributed by atoms with Crippen LogP contribution < -0.4 is 97.8 Å². The Morgan fingerprint density at radius 3 is 1.40 bits per heavy atom. The highest BCUT2D eigenvalue weighted by atomic mass is 16.4. The molecule has 40 heteroatoms. The van der Waals surface area contributed by atoms with Gasteiger partial charge in [-0.2, -0.15) is 0 Å². The van der Waals surface area contributed by atoms with Crippen LogP contribution in [0, 0.1) is 23.7 Å². The fraction of sp³-hybridized carbons (Fsp3) is 0.623. The van der Waals surface area contributed by atoms with Gasteiger partial charge in [0.15, 0.2) is 0 Å². The lowest BCUT2D eigenvalue weighted by atomic mass is 9.96. The third-order valence-electron chi connectivity index (χ3n) is 17.6. The van der Waals surface area contributed by atoms with Gasteiger partial charge in [0, 0.05) is 30.1 Å². The van der Waals surface area contributed by atoms with Gasteiger partial charge >= 0.3 is 11.9 Å². The first kappa shape index (κ1) is 92.3. The SMILES string of the molecule is CC[C@H](C)[C@@H]1NC(=O)[C@H](CCCCN)NC(=O)[C@H](CC(C)C)NC(=O)[C@H](CO)NC(=O)[C@H](CC(N)=O)NC(=O)[C@H](Cc2c[nH]c3ccccc23)NC(=O)CC(N)C(=O)NCCCCC(C(N)=O)NC(=O)[C@H](C(C)C)NC(=O)[C@H](CC(=O)O)NC(=O)[C@H](CC(C)C)NC(=O)[C@H](CC(N)=O)NC(=O)[C@H](CC(=O)O)NC1=O. The number of nitrogens with one attached hydrogen (secondary N) is 14. The summed E-state index contributed by atoms with van der Waals surface area (Å²) in [4.78, 5) is 249. The minimum absolute atomic E-state index is 0.0883. The Morgan fingerprint density at radius 2 is 0.927 bits per heavy atom. The molecule has 1 saturated heterocycles. The lowest BCUT2D eigenvalue weighted by Gasteiger charge is -2.30. The van der Waals surface area contributed by atoms with Crippen LogP contribution in [0.5, 0.6) is 0 Å². The van der Waals surface area contributed by atoms with Crippen molar-refractivity contribution in [2.75, 3.05) is 19.7 Å². The number of carbonyl (C=O) groups is 18. The fourth-order valence-corrected chi connectivity index (χ4v) is 11.5. The second-order valence-corrected chi connectivity index (χ2v) is 28.1. The summed E-state index contributed by atoms with van der Waals surface area (Å²) in [6.07, 6.45) is -3.65. The lowest BCUT2D eigenvalue weighted by Crippen LogP contribution is -2.62. The molecule has 1 fully saturated rings. The molecular weight excluding hydrogens is 1430 g/mol. The second-order valence-electron chi connectivity index (χ2n) is 28.1. The van der Waals surface area contributed by atoms with Crippen molar-refractivity contribution >= 4 is 117 Å². The molecule has 0 saturated carbocycles. The Bertz CT molecular complexity index is 3570. The number of primary amides is 3. The van der Waals surface area contributed by atoms with Crippen LogP contribution in [0.2, 0.25) is 0 Å². The minimum Gasteiger partial charge on any atom is -0.481 e. The summed E-state index contributed by atoms with van der Waals surface area (Å²) in [6.45, 7) is 11.4. The summed E-state index contributed by atoms with van der Waals surface area (Å²) in [7, 11) is 0. The molecular formula is C69H109N19O21. The van der Waals surface area contributed by atoms with Gasteiger partial charge in [-0.15, -0.1) is 0 Å². The smallest absolute Gasteiger partial charge is 0.305 e. The number of aliphatic carboxylic acids is 2. The van der Waals surface area contributed by atoms with Crippen molar-refractivity contribution in [3.8, 4) is 0 Å². The number of fused-ring (bicyclic) bond motifs is 1. The van der Waals surface area contributed by atoms with Crippen molar-refractivity contribution < 1.29 is 102 Å². The van der Waals surface area contributed by atoms with Crippen molar-refractivity contribution in [1.29, 1.82) is 0 Å². The van der Waals surface area contributed by atoms with Gasteiger partial charge in [0.1, 0.15) is 72.5 Å². The van der Waals surface area contributed by atoms with Crippen LogP contribution in [-0.4, -0.2) is 225 Å². The van der Waals surface area contributed by atoms with Crippen LogP contribution in [0.15, 0.2) is 30.5 Å². The number of hydrogen-bond donors (Lipinski definition) is 22. The number of rotatable bonds is 23. The van der Waals surface area contributed by atoms with E-state index in [-0.39, 0.29) is 70.9 Å². The molecule has 0 spiro atoms. The Morgan fingerprint density at radius 1 is 0.495 bits per heavy atom. The lowest BCUT2D eigenvalue weighted by molar-refractivity contribution is -0.142. The number of amides is 16. The van der Waals surface area contributed by atoms with Crippen LogP contribution in [0.4, 0.5) is 0 Å². The molecule has 1 aromatic heterocycles. The van der Waals surface area contributed by atoms with E-state index < -0.39 is 247 Å². The predicted molar refractivity (Wildman–Crippen MR) is 389 cm³/mol. The maximum absolute atomic E-state index is 14.5. The number of aliphatic hydroxyl groups is 1. The first-order chi connectivity index (χ1) is 51.2. The first-order valence-electron chi connectivity index (χ1n) is 36.0. The van der Waals surface area contributed by atoms with Gasteiger partial charge in [-0.05, 0) is 93.2 Å². The third-order valence-corrected chi connectivity index (χ3v) is 17.6. The highest BCUT2D eigenvalue weighted by Crippen LogP contribution is 2.21. The van der Waals surface area contributed by atoms with Gasteiger partial charge in [0.2, 0.25) is 94.5 Å². The van der Waals surface area contributed by atoms with Crippen molar-refractivity contribution in [2.24, 2.45) is 52.3 Å². The summed E-state index contributed by atoms with van der Waals surface area (Å²) >= 11 is 0. The predicted octanol–water partition coefficient (Wildman–Crippen LogP) is -6.35. The summed E-state index contributed by atoms with van der Waals surface area (Å²) in [5.41, 5.74) is 29.8. The average Bonchev–Trinajstić information content (AvgIpc) is 1.72. The second kappa shape index (κ2) is 45.7. The summed E-state index contributed by atoms with van der Waals surface area (Å²) in [6, 6.07) is -15.6. The number of carbonyl (C=O) groups excluding carboxylic acids is 16. The molecule has 606 valence electrons. The number of aliphatic hydroxyl groups excluding tert-OH is 1. The Kier molecular flexibility index (Phi) is 38.7. The Balaban J connectivity index is 2.20. The summed E-state index contributed by atoms with van der Waals surface area (Å²) in [5, 5.41) is 62.3.